The van der Waals surface area contributed by atoms with Crippen molar-refractivity contribution in [3.8, 4) is 11.5 Å². The highest BCUT2D eigenvalue weighted by atomic mass is 19.1. The van der Waals surface area contributed by atoms with E-state index in [4.69, 9.17) is 4.74 Å². The molecule has 0 spiro atoms. The van der Waals surface area contributed by atoms with Crippen LogP contribution in [0.4, 0.5) is 21.8 Å². The minimum Gasteiger partial charge on any atom is -0.455 e. The van der Waals surface area contributed by atoms with Crippen LogP contribution in [0.25, 0.3) is 16.7 Å². The number of aromatic nitrogens is 7. The molecule has 4 aromatic heterocycles. The number of nitrogens with one attached hydrogen (secondary N) is 1. The number of imidazole rings is 1. The van der Waals surface area contributed by atoms with Crippen LogP contribution < -0.4 is 15.0 Å². The molecule has 0 radical (unpaired) electrons. The van der Waals surface area contributed by atoms with Crippen molar-refractivity contribution in [3.63, 3.8) is 0 Å². The number of piperazine rings is 1. The average Bonchev–Trinajstić information content (AvgIpc) is 3.44. The van der Waals surface area contributed by atoms with Gasteiger partial charge in [0.2, 0.25) is 11.9 Å². The van der Waals surface area contributed by atoms with Crippen molar-refractivity contribution in [1.82, 2.24) is 39.4 Å². The molecule has 5 heterocycles. The molecule has 196 valence electrons. The summed E-state index contributed by atoms with van der Waals surface area (Å²) in [7, 11) is 0. The van der Waals surface area contributed by atoms with Crippen LogP contribution in [-0.2, 0) is 4.79 Å². The van der Waals surface area contributed by atoms with Crippen LogP contribution in [0, 0.1) is 12.7 Å². The van der Waals surface area contributed by atoms with Crippen LogP contribution in [0.2, 0.25) is 0 Å². The first-order valence-electron chi connectivity index (χ1n) is 12.2. The number of carbonyl (C=O) groups is 1. The van der Waals surface area contributed by atoms with Gasteiger partial charge in [0.15, 0.2) is 23.0 Å². The van der Waals surface area contributed by atoms with Gasteiger partial charge in [0.05, 0.1) is 18.1 Å². The number of hydrogen-bond donors (Lipinski definition) is 1. The molecule has 0 atom stereocenters. The number of anilines is 3. The number of carbonyl (C=O) groups excluding carboxylic acids is 1. The number of fused-ring (bicyclic) bond motifs is 2. The molecular formula is C26H23FN10O2. The van der Waals surface area contributed by atoms with Gasteiger partial charge < -0.3 is 19.9 Å². The summed E-state index contributed by atoms with van der Waals surface area (Å²) in [5.74, 6) is 1.02. The number of rotatable bonds is 6. The Morgan fingerprint density at radius 2 is 1.97 bits per heavy atom. The number of nitrogens with zero attached hydrogens (tertiary/aromatic N) is 9. The van der Waals surface area contributed by atoms with Crippen LogP contribution in [0.5, 0.6) is 11.5 Å². The molecule has 1 saturated heterocycles. The first kappa shape index (κ1) is 24.2. The van der Waals surface area contributed by atoms with Crippen molar-refractivity contribution in [2.45, 2.75) is 6.92 Å². The Bertz CT molecular complexity index is 1710. The number of benzene rings is 1. The summed E-state index contributed by atoms with van der Waals surface area (Å²) in [5, 5.41) is 7.27. The first-order valence-corrected chi connectivity index (χ1v) is 12.2. The lowest BCUT2D eigenvalue weighted by Crippen LogP contribution is -2.48. The van der Waals surface area contributed by atoms with Crippen molar-refractivity contribution in [1.29, 1.82) is 0 Å². The molecule has 1 aliphatic heterocycles. The molecule has 39 heavy (non-hydrogen) atoms. The number of ether oxygens (including phenoxy) is 1. The molecule has 1 aromatic carbocycles. The lowest BCUT2D eigenvalue weighted by Gasteiger charge is -2.34. The Balaban J connectivity index is 1.24. The van der Waals surface area contributed by atoms with Gasteiger partial charge in [-0.15, -0.1) is 0 Å². The van der Waals surface area contributed by atoms with Gasteiger partial charge in [0, 0.05) is 50.2 Å². The van der Waals surface area contributed by atoms with Crippen LogP contribution in [0.1, 0.15) is 5.56 Å². The molecular weight excluding hydrogens is 503 g/mol. The normalized spacial score (nSPS) is 13.6. The maximum atomic E-state index is 15.5. The third kappa shape index (κ3) is 4.65. The third-order valence-electron chi connectivity index (χ3n) is 6.46. The topological polar surface area (TPSA) is 127 Å². The Morgan fingerprint density at radius 1 is 1.13 bits per heavy atom. The standard InChI is InChI=1S/C26H23FN10O2/c1-3-22(38)35-8-10-36(11-9-35)26-29-14-19-24(34-26)25(31-15-30-19)33-18-4-5-20(16(2)23(18)27)39-17-12-21-28-6-7-37(21)32-13-17/h3-7,12-15H,1,8-11H2,2H3,(H,30,31,33). The van der Waals surface area contributed by atoms with E-state index in [0.717, 1.165) is 0 Å². The van der Waals surface area contributed by atoms with Crippen LogP contribution in [0.3, 0.4) is 0 Å². The summed E-state index contributed by atoms with van der Waals surface area (Å²) >= 11 is 0. The zero-order valence-corrected chi connectivity index (χ0v) is 21.0. The second kappa shape index (κ2) is 9.93. The summed E-state index contributed by atoms with van der Waals surface area (Å²) in [6.07, 6.45) is 9.19. The molecule has 5 aromatic rings. The van der Waals surface area contributed by atoms with E-state index in [1.165, 1.54) is 12.4 Å². The average molecular weight is 527 g/mol. The van der Waals surface area contributed by atoms with Crippen molar-refractivity contribution in [2.75, 3.05) is 36.4 Å². The Hall–Kier alpha value is -5.20. The van der Waals surface area contributed by atoms with E-state index >= 15 is 4.39 Å². The third-order valence-corrected chi connectivity index (χ3v) is 6.46. The SMILES string of the molecule is C=CC(=O)N1CCN(c2ncc3ncnc(Nc4ccc(Oc5cnn6ccnc6c5)c(C)c4F)c3n2)CC1. The molecule has 0 saturated carbocycles. The lowest BCUT2D eigenvalue weighted by atomic mass is 10.1. The molecule has 0 bridgehead atoms. The van der Waals surface area contributed by atoms with Crippen LogP contribution >= 0.6 is 0 Å². The van der Waals surface area contributed by atoms with Gasteiger partial charge in [-0.3, -0.25) is 4.79 Å². The number of hydrogen-bond acceptors (Lipinski definition) is 10. The quantitative estimate of drug-likeness (QED) is 0.329. The van der Waals surface area contributed by atoms with Gasteiger partial charge in [-0.05, 0) is 25.1 Å². The van der Waals surface area contributed by atoms with E-state index in [0.29, 0.717) is 71.7 Å². The predicted molar refractivity (Wildman–Crippen MR) is 142 cm³/mol. The van der Waals surface area contributed by atoms with E-state index in [9.17, 15) is 4.79 Å². The monoisotopic (exact) mass is 526 g/mol. The van der Waals surface area contributed by atoms with Crippen molar-refractivity contribution in [3.05, 3.63) is 73.3 Å². The van der Waals surface area contributed by atoms with Crippen molar-refractivity contribution < 1.29 is 13.9 Å². The Labute approximate surface area is 221 Å². The van der Waals surface area contributed by atoms with E-state index in [1.54, 1.807) is 59.3 Å². The summed E-state index contributed by atoms with van der Waals surface area (Å²) in [4.78, 5) is 37.5. The van der Waals surface area contributed by atoms with Gasteiger partial charge in [-0.25, -0.2) is 33.8 Å². The largest absolute Gasteiger partial charge is 0.455 e. The van der Waals surface area contributed by atoms with Gasteiger partial charge in [-0.2, -0.15) is 5.10 Å². The highest BCUT2D eigenvalue weighted by Crippen LogP contribution is 2.32. The molecule has 13 heteroatoms. The Morgan fingerprint density at radius 3 is 2.79 bits per heavy atom. The van der Waals surface area contributed by atoms with Gasteiger partial charge in [0.25, 0.3) is 0 Å². The molecule has 6 rings (SSSR count). The highest BCUT2D eigenvalue weighted by Gasteiger charge is 2.22. The molecule has 1 fully saturated rings. The smallest absolute Gasteiger partial charge is 0.246 e. The fourth-order valence-corrected chi connectivity index (χ4v) is 4.32. The molecule has 0 unspecified atom stereocenters. The highest BCUT2D eigenvalue weighted by molar-refractivity contribution is 5.88. The fraction of sp³-hybridized carbons (Fsp3) is 0.192. The van der Waals surface area contributed by atoms with E-state index in [2.05, 4.69) is 41.9 Å². The van der Waals surface area contributed by atoms with Crippen molar-refractivity contribution in [2.24, 2.45) is 0 Å². The van der Waals surface area contributed by atoms with E-state index in [-0.39, 0.29) is 11.6 Å². The van der Waals surface area contributed by atoms with Crippen molar-refractivity contribution >= 4 is 40.0 Å². The second-order valence-corrected chi connectivity index (χ2v) is 8.84. The predicted octanol–water partition coefficient (Wildman–Crippen LogP) is 3.28. The Kier molecular flexibility index (Phi) is 6.15. The maximum Gasteiger partial charge on any atom is 0.246 e. The minimum absolute atomic E-state index is 0.0986. The molecule has 0 aliphatic carbocycles. The number of amides is 1. The summed E-state index contributed by atoms with van der Waals surface area (Å²) in [6.45, 7) is 7.39. The van der Waals surface area contributed by atoms with Crippen LogP contribution in [0.15, 0.2) is 62.0 Å². The first-order chi connectivity index (χ1) is 19.0. The summed E-state index contributed by atoms with van der Waals surface area (Å²) in [6, 6.07) is 4.97. The molecule has 1 amide bonds. The molecule has 1 N–H and O–H groups in total. The molecule has 1 aliphatic rings. The van der Waals surface area contributed by atoms with Gasteiger partial charge in [-0.1, -0.05) is 6.58 Å². The zero-order valence-electron chi connectivity index (χ0n) is 21.0. The minimum atomic E-state index is -0.494. The van der Waals surface area contributed by atoms with Gasteiger partial charge >= 0.3 is 0 Å². The molecule has 12 nitrogen and oxygen atoms in total. The van der Waals surface area contributed by atoms with Crippen LogP contribution in [-0.4, -0.2) is 71.5 Å². The van der Waals surface area contributed by atoms with Gasteiger partial charge in [0.1, 0.15) is 23.1 Å². The van der Waals surface area contributed by atoms with E-state index < -0.39 is 5.82 Å². The lowest BCUT2D eigenvalue weighted by molar-refractivity contribution is -0.126. The summed E-state index contributed by atoms with van der Waals surface area (Å²) in [5.41, 5.74) is 2.09. The second-order valence-electron chi connectivity index (χ2n) is 8.84. The zero-order chi connectivity index (χ0) is 26.9. The summed E-state index contributed by atoms with van der Waals surface area (Å²) < 4.78 is 23.0. The fourth-order valence-electron chi connectivity index (χ4n) is 4.32. The van der Waals surface area contributed by atoms with E-state index in [1.807, 2.05) is 4.90 Å². The number of halogens is 1. The maximum absolute atomic E-state index is 15.5.